The van der Waals surface area contributed by atoms with E-state index in [9.17, 15) is 9.59 Å². The number of fused-ring (bicyclic) bond motifs is 1. The van der Waals surface area contributed by atoms with Gasteiger partial charge in [0.2, 0.25) is 0 Å². The zero-order chi connectivity index (χ0) is 24.0. The molecule has 0 aliphatic carbocycles. The molecule has 5 nitrogen and oxygen atoms in total. The lowest BCUT2D eigenvalue weighted by atomic mass is 9.77. The first kappa shape index (κ1) is 23.5. The number of Topliss-reactive ketones (excluding diaryl/α,β-unsaturated/α-hetero) is 1. The highest BCUT2D eigenvalue weighted by molar-refractivity contribution is 7.99. The fourth-order valence-corrected chi connectivity index (χ4v) is 5.08. The van der Waals surface area contributed by atoms with E-state index < -0.39 is 11.4 Å². The topological polar surface area (TPSA) is 65.5 Å². The number of methoxy groups -OCH3 is 2. The minimum atomic E-state index is -1.47. The SMILES string of the molecule is COC(=O)C(CSc1ccccc1)(Cc1nccc2ccccc12)C(=O)c1ccc(OC)cc1. The van der Waals surface area contributed by atoms with E-state index in [1.807, 2.05) is 60.7 Å². The van der Waals surface area contributed by atoms with E-state index in [-0.39, 0.29) is 18.0 Å². The number of nitrogens with zero attached hydrogens (tertiary/aromatic N) is 1. The highest BCUT2D eigenvalue weighted by atomic mass is 32.2. The van der Waals surface area contributed by atoms with Crippen LogP contribution < -0.4 is 4.74 Å². The number of carbonyl (C=O) groups is 2. The van der Waals surface area contributed by atoms with E-state index in [2.05, 4.69) is 4.98 Å². The van der Waals surface area contributed by atoms with Crippen molar-refractivity contribution in [2.45, 2.75) is 11.3 Å². The van der Waals surface area contributed by atoms with Crippen LogP contribution in [0.4, 0.5) is 0 Å². The third kappa shape index (κ3) is 4.82. The van der Waals surface area contributed by atoms with Crippen LogP contribution in [0.3, 0.4) is 0 Å². The van der Waals surface area contributed by atoms with Crippen molar-refractivity contribution in [3.8, 4) is 5.75 Å². The monoisotopic (exact) mass is 471 g/mol. The summed E-state index contributed by atoms with van der Waals surface area (Å²) >= 11 is 1.45. The molecule has 1 aromatic heterocycles. The van der Waals surface area contributed by atoms with Gasteiger partial charge in [0.1, 0.15) is 11.2 Å². The molecule has 0 amide bonds. The number of pyridine rings is 1. The Labute approximate surface area is 203 Å². The minimum absolute atomic E-state index is 0.117. The zero-order valence-electron chi connectivity index (χ0n) is 19.1. The number of thioether (sulfide) groups is 1. The van der Waals surface area contributed by atoms with Crippen molar-refractivity contribution in [3.63, 3.8) is 0 Å². The first-order valence-electron chi connectivity index (χ1n) is 10.8. The molecule has 3 aromatic carbocycles. The average Bonchev–Trinajstić information content (AvgIpc) is 2.91. The number of aromatic nitrogens is 1. The van der Waals surface area contributed by atoms with Crippen molar-refractivity contribution in [1.82, 2.24) is 4.98 Å². The van der Waals surface area contributed by atoms with Gasteiger partial charge in [-0.15, -0.1) is 11.8 Å². The van der Waals surface area contributed by atoms with Crippen LogP contribution in [0.15, 0.2) is 96.0 Å². The maximum Gasteiger partial charge on any atom is 0.321 e. The van der Waals surface area contributed by atoms with Crippen molar-refractivity contribution >= 4 is 34.3 Å². The number of hydrogen-bond acceptors (Lipinski definition) is 6. The Kier molecular flexibility index (Phi) is 7.28. The van der Waals surface area contributed by atoms with Crippen LogP contribution >= 0.6 is 11.8 Å². The van der Waals surface area contributed by atoms with Gasteiger partial charge in [-0.25, -0.2) is 0 Å². The predicted octanol–water partition coefficient (Wildman–Crippen LogP) is 5.62. The molecule has 6 heteroatoms. The van der Waals surface area contributed by atoms with Gasteiger partial charge in [-0.05, 0) is 47.9 Å². The van der Waals surface area contributed by atoms with Crippen molar-refractivity contribution in [2.24, 2.45) is 5.41 Å². The summed E-state index contributed by atoms with van der Waals surface area (Å²) in [5, 5.41) is 1.91. The van der Waals surface area contributed by atoms with E-state index in [4.69, 9.17) is 9.47 Å². The molecule has 34 heavy (non-hydrogen) atoms. The molecule has 0 aliphatic heterocycles. The molecule has 0 bridgehead atoms. The smallest absolute Gasteiger partial charge is 0.321 e. The number of ether oxygens (including phenoxy) is 2. The fourth-order valence-electron chi connectivity index (χ4n) is 3.97. The summed E-state index contributed by atoms with van der Waals surface area (Å²) in [7, 11) is 2.89. The van der Waals surface area contributed by atoms with Crippen molar-refractivity contribution < 1.29 is 19.1 Å². The Morgan fingerprint density at radius 2 is 1.59 bits per heavy atom. The molecule has 1 atom stereocenters. The molecular weight excluding hydrogens is 446 g/mol. The Morgan fingerprint density at radius 3 is 2.29 bits per heavy atom. The van der Waals surface area contributed by atoms with E-state index in [0.717, 1.165) is 15.7 Å². The zero-order valence-corrected chi connectivity index (χ0v) is 19.9. The lowest BCUT2D eigenvalue weighted by Crippen LogP contribution is -2.45. The normalized spacial score (nSPS) is 12.6. The summed E-state index contributed by atoms with van der Waals surface area (Å²) in [5.41, 5.74) is -0.375. The standard InChI is InChI=1S/C28H25NO4S/c1-32-22-14-12-21(13-15-22)26(30)28(27(31)33-2,19-34-23-9-4-3-5-10-23)18-25-24-11-7-6-8-20(24)16-17-29-25/h3-17H,18-19H2,1-2H3. The molecule has 0 saturated heterocycles. The first-order valence-corrected chi connectivity index (χ1v) is 11.8. The maximum atomic E-state index is 14.0. The molecule has 0 spiro atoms. The van der Waals surface area contributed by atoms with Gasteiger partial charge in [0, 0.05) is 39.9 Å². The number of benzene rings is 3. The van der Waals surface area contributed by atoms with Crippen LogP contribution in [0.1, 0.15) is 16.1 Å². The highest BCUT2D eigenvalue weighted by Gasteiger charge is 2.48. The molecule has 0 N–H and O–H groups in total. The summed E-state index contributed by atoms with van der Waals surface area (Å²) in [6.07, 6.45) is 1.83. The summed E-state index contributed by atoms with van der Waals surface area (Å²) in [6.45, 7) is 0. The number of ketones is 1. The van der Waals surface area contributed by atoms with Gasteiger partial charge in [-0.2, -0.15) is 0 Å². The molecule has 0 saturated carbocycles. The quantitative estimate of drug-likeness (QED) is 0.137. The van der Waals surface area contributed by atoms with Gasteiger partial charge in [0.25, 0.3) is 0 Å². The Hall–Kier alpha value is -3.64. The van der Waals surface area contributed by atoms with Gasteiger partial charge in [-0.1, -0.05) is 42.5 Å². The van der Waals surface area contributed by atoms with Crippen LogP contribution in [0.25, 0.3) is 10.8 Å². The van der Waals surface area contributed by atoms with Gasteiger partial charge in [0.15, 0.2) is 5.78 Å². The third-order valence-electron chi connectivity index (χ3n) is 5.82. The third-order valence-corrected chi connectivity index (χ3v) is 7.06. The van der Waals surface area contributed by atoms with Gasteiger partial charge >= 0.3 is 5.97 Å². The van der Waals surface area contributed by atoms with Crippen LogP contribution in [0.5, 0.6) is 5.75 Å². The summed E-state index contributed by atoms with van der Waals surface area (Å²) in [6, 6.07) is 26.3. The molecule has 0 radical (unpaired) electrons. The fraction of sp³-hybridized carbons (Fsp3) is 0.179. The molecule has 0 aliphatic rings. The molecule has 1 heterocycles. The lowest BCUT2D eigenvalue weighted by Gasteiger charge is -2.29. The largest absolute Gasteiger partial charge is 0.497 e. The predicted molar refractivity (Wildman–Crippen MR) is 134 cm³/mol. The van der Waals surface area contributed by atoms with Gasteiger partial charge < -0.3 is 9.47 Å². The maximum absolute atomic E-state index is 14.0. The summed E-state index contributed by atoms with van der Waals surface area (Å²) in [4.78, 5) is 33.0. The second-order valence-electron chi connectivity index (χ2n) is 7.89. The van der Waals surface area contributed by atoms with E-state index in [0.29, 0.717) is 17.0 Å². The number of esters is 1. The van der Waals surface area contributed by atoms with Crippen LogP contribution in [0, 0.1) is 5.41 Å². The van der Waals surface area contributed by atoms with Crippen molar-refractivity contribution in [1.29, 1.82) is 0 Å². The van der Waals surface area contributed by atoms with E-state index in [1.165, 1.54) is 18.9 Å². The highest BCUT2D eigenvalue weighted by Crippen LogP contribution is 2.37. The first-order chi connectivity index (χ1) is 16.6. The second kappa shape index (κ2) is 10.5. The van der Waals surface area contributed by atoms with Crippen LogP contribution in [0.2, 0.25) is 0 Å². The second-order valence-corrected chi connectivity index (χ2v) is 8.94. The van der Waals surface area contributed by atoms with Crippen LogP contribution in [-0.4, -0.2) is 36.7 Å². The lowest BCUT2D eigenvalue weighted by molar-refractivity contribution is -0.148. The van der Waals surface area contributed by atoms with E-state index >= 15 is 0 Å². The molecule has 0 fully saturated rings. The van der Waals surface area contributed by atoms with Gasteiger partial charge in [0.05, 0.1) is 14.2 Å². The minimum Gasteiger partial charge on any atom is -0.497 e. The van der Waals surface area contributed by atoms with Crippen molar-refractivity contribution in [3.05, 3.63) is 102 Å². The molecule has 4 rings (SSSR count). The summed E-state index contributed by atoms with van der Waals surface area (Å²) in [5.74, 6) is -0.0411. The Bertz CT molecular complexity index is 1290. The van der Waals surface area contributed by atoms with E-state index in [1.54, 1.807) is 37.6 Å². The van der Waals surface area contributed by atoms with Gasteiger partial charge in [-0.3, -0.25) is 14.6 Å². The molecular formula is C28H25NO4S. The Morgan fingerprint density at radius 1 is 0.882 bits per heavy atom. The average molecular weight is 472 g/mol. The number of carbonyl (C=O) groups excluding carboxylic acids is 2. The molecule has 172 valence electrons. The number of hydrogen-bond donors (Lipinski definition) is 0. The summed E-state index contributed by atoms with van der Waals surface area (Å²) < 4.78 is 10.5. The van der Waals surface area contributed by atoms with Crippen LogP contribution in [-0.2, 0) is 16.0 Å². The molecule has 1 unspecified atom stereocenters. The Balaban J connectivity index is 1.82. The number of rotatable bonds is 9. The van der Waals surface area contributed by atoms with Crippen molar-refractivity contribution in [2.75, 3.05) is 20.0 Å². The molecule has 4 aromatic rings.